The molecule has 2 N–H and O–H groups in total. The van der Waals surface area contributed by atoms with Crippen molar-refractivity contribution < 1.29 is 0 Å². The van der Waals surface area contributed by atoms with E-state index in [1.807, 2.05) is 14.0 Å². The number of likely N-dealkylation sites (N-methyl/N-ethyl adjacent to an activating group) is 1. The summed E-state index contributed by atoms with van der Waals surface area (Å²) >= 11 is 0. The minimum atomic E-state index is 0.847. The topological polar surface area (TPSA) is 53.1 Å². The fraction of sp³-hybridized carbons (Fsp3) is 0.714. The van der Waals surface area contributed by atoms with Gasteiger partial charge < -0.3 is 15.5 Å². The highest BCUT2D eigenvalue weighted by molar-refractivity contribution is 5.56. The molecule has 0 saturated heterocycles. The van der Waals surface area contributed by atoms with Gasteiger partial charge in [0.2, 0.25) is 0 Å². The SMILES string of the molecule is CCc1nc(NC)c(C)c(NCCN(CC)CC)n1. The predicted octanol–water partition coefficient (Wildman–Crippen LogP) is 2.14. The molecule has 0 aliphatic rings. The molecular weight excluding hydrogens is 238 g/mol. The fourth-order valence-electron chi connectivity index (χ4n) is 2.01. The molecule has 0 aromatic carbocycles. The standard InChI is InChI=1S/C14H27N5/c1-6-12-17-13(15-5)11(4)14(18-12)16-9-10-19(7-2)8-3/h6-10H2,1-5H3,(H2,15,16,17,18). The third kappa shape index (κ3) is 4.35. The van der Waals surface area contributed by atoms with Crippen LogP contribution < -0.4 is 10.6 Å². The van der Waals surface area contributed by atoms with E-state index in [4.69, 9.17) is 0 Å². The molecule has 0 amide bonds. The van der Waals surface area contributed by atoms with Gasteiger partial charge in [0, 0.05) is 32.1 Å². The van der Waals surface area contributed by atoms with Crippen LogP contribution in [0.5, 0.6) is 0 Å². The lowest BCUT2D eigenvalue weighted by Crippen LogP contribution is -2.29. The molecular formula is C14H27N5. The molecule has 1 aromatic rings. The Morgan fingerprint density at radius 2 is 1.68 bits per heavy atom. The van der Waals surface area contributed by atoms with Crippen molar-refractivity contribution in [3.8, 4) is 0 Å². The van der Waals surface area contributed by atoms with Crippen molar-refractivity contribution in [2.75, 3.05) is 43.9 Å². The number of hydrogen-bond acceptors (Lipinski definition) is 5. The molecule has 5 nitrogen and oxygen atoms in total. The van der Waals surface area contributed by atoms with Crippen molar-refractivity contribution in [3.63, 3.8) is 0 Å². The first kappa shape index (κ1) is 15.7. The lowest BCUT2D eigenvalue weighted by atomic mass is 10.3. The Morgan fingerprint density at radius 1 is 1.05 bits per heavy atom. The van der Waals surface area contributed by atoms with Gasteiger partial charge in [0.15, 0.2) is 0 Å². The molecule has 0 saturated carbocycles. The second-order valence-corrected chi connectivity index (χ2v) is 4.52. The molecule has 0 bridgehead atoms. The summed E-state index contributed by atoms with van der Waals surface area (Å²) in [6, 6.07) is 0. The van der Waals surface area contributed by atoms with Gasteiger partial charge in [0.25, 0.3) is 0 Å². The van der Waals surface area contributed by atoms with Gasteiger partial charge in [-0.2, -0.15) is 0 Å². The number of anilines is 2. The number of rotatable bonds is 8. The predicted molar refractivity (Wildman–Crippen MR) is 82.0 cm³/mol. The van der Waals surface area contributed by atoms with Crippen LogP contribution >= 0.6 is 0 Å². The van der Waals surface area contributed by atoms with Crippen molar-refractivity contribution >= 4 is 11.6 Å². The average molecular weight is 265 g/mol. The lowest BCUT2D eigenvalue weighted by Gasteiger charge is -2.19. The van der Waals surface area contributed by atoms with Crippen molar-refractivity contribution in [2.24, 2.45) is 0 Å². The van der Waals surface area contributed by atoms with Gasteiger partial charge in [-0.25, -0.2) is 9.97 Å². The normalized spacial score (nSPS) is 10.8. The number of nitrogens with zero attached hydrogens (tertiary/aromatic N) is 3. The largest absolute Gasteiger partial charge is 0.373 e. The summed E-state index contributed by atoms with van der Waals surface area (Å²) in [6.45, 7) is 12.6. The molecule has 0 aliphatic heterocycles. The Morgan fingerprint density at radius 3 is 2.21 bits per heavy atom. The molecule has 1 heterocycles. The van der Waals surface area contributed by atoms with Crippen LogP contribution in [0.1, 0.15) is 32.2 Å². The van der Waals surface area contributed by atoms with E-state index in [0.29, 0.717) is 0 Å². The van der Waals surface area contributed by atoms with Gasteiger partial charge in [0.1, 0.15) is 17.5 Å². The quantitative estimate of drug-likeness (QED) is 0.754. The molecule has 1 aromatic heterocycles. The number of nitrogens with one attached hydrogen (secondary N) is 2. The van der Waals surface area contributed by atoms with E-state index in [1.54, 1.807) is 0 Å². The zero-order valence-electron chi connectivity index (χ0n) is 12.9. The number of aryl methyl sites for hydroxylation is 1. The third-order valence-corrected chi connectivity index (χ3v) is 3.36. The second-order valence-electron chi connectivity index (χ2n) is 4.52. The van der Waals surface area contributed by atoms with Gasteiger partial charge in [-0.05, 0) is 20.0 Å². The first-order valence-electron chi connectivity index (χ1n) is 7.17. The van der Waals surface area contributed by atoms with Crippen LogP contribution in [0.3, 0.4) is 0 Å². The molecule has 0 atom stereocenters. The van der Waals surface area contributed by atoms with E-state index in [9.17, 15) is 0 Å². The summed E-state index contributed by atoms with van der Waals surface area (Å²) in [5, 5.41) is 6.56. The Balaban J connectivity index is 2.71. The maximum atomic E-state index is 4.57. The van der Waals surface area contributed by atoms with E-state index >= 15 is 0 Å². The average Bonchev–Trinajstić information content (AvgIpc) is 2.45. The molecule has 5 heteroatoms. The van der Waals surface area contributed by atoms with Crippen LogP contribution in [0, 0.1) is 6.92 Å². The van der Waals surface area contributed by atoms with Gasteiger partial charge in [-0.15, -0.1) is 0 Å². The Labute approximate surface area is 116 Å². The summed E-state index contributed by atoms with van der Waals surface area (Å²) in [4.78, 5) is 11.4. The first-order valence-corrected chi connectivity index (χ1v) is 7.17. The zero-order chi connectivity index (χ0) is 14.3. The Kier molecular flexibility index (Phi) is 6.56. The maximum Gasteiger partial charge on any atom is 0.134 e. The Hall–Kier alpha value is -1.36. The Bertz CT molecular complexity index is 388. The number of hydrogen-bond donors (Lipinski definition) is 2. The summed E-state index contributed by atoms with van der Waals surface area (Å²) in [6.07, 6.45) is 0.847. The summed E-state index contributed by atoms with van der Waals surface area (Å²) < 4.78 is 0. The highest BCUT2D eigenvalue weighted by Crippen LogP contribution is 2.19. The monoisotopic (exact) mass is 265 g/mol. The summed E-state index contributed by atoms with van der Waals surface area (Å²) in [5.74, 6) is 2.74. The van der Waals surface area contributed by atoms with E-state index in [-0.39, 0.29) is 0 Å². The van der Waals surface area contributed by atoms with Crippen molar-refractivity contribution in [3.05, 3.63) is 11.4 Å². The second kappa shape index (κ2) is 7.94. The van der Waals surface area contributed by atoms with Gasteiger partial charge in [0.05, 0.1) is 0 Å². The zero-order valence-corrected chi connectivity index (χ0v) is 12.9. The van der Waals surface area contributed by atoms with Crippen molar-refractivity contribution in [2.45, 2.75) is 34.1 Å². The molecule has 108 valence electrons. The van der Waals surface area contributed by atoms with E-state index in [1.165, 1.54) is 0 Å². The van der Waals surface area contributed by atoms with Crippen molar-refractivity contribution in [1.29, 1.82) is 0 Å². The van der Waals surface area contributed by atoms with E-state index in [0.717, 1.165) is 55.6 Å². The molecule has 0 fully saturated rings. The van der Waals surface area contributed by atoms with Crippen LogP contribution in [0.2, 0.25) is 0 Å². The minimum absolute atomic E-state index is 0.847. The molecule has 0 spiro atoms. The van der Waals surface area contributed by atoms with Crippen LogP contribution in [-0.4, -0.2) is 48.1 Å². The first-order chi connectivity index (χ1) is 9.15. The highest BCUT2D eigenvalue weighted by Gasteiger charge is 2.09. The minimum Gasteiger partial charge on any atom is -0.373 e. The molecule has 0 unspecified atom stereocenters. The fourth-order valence-corrected chi connectivity index (χ4v) is 2.01. The molecule has 19 heavy (non-hydrogen) atoms. The van der Waals surface area contributed by atoms with Gasteiger partial charge in [-0.1, -0.05) is 20.8 Å². The smallest absolute Gasteiger partial charge is 0.134 e. The number of aromatic nitrogens is 2. The highest BCUT2D eigenvalue weighted by atomic mass is 15.1. The van der Waals surface area contributed by atoms with Crippen LogP contribution in [-0.2, 0) is 6.42 Å². The van der Waals surface area contributed by atoms with Crippen LogP contribution in [0.25, 0.3) is 0 Å². The third-order valence-electron chi connectivity index (χ3n) is 3.36. The van der Waals surface area contributed by atoms with E-state index in [2.05, 4.69) is 46.3 Å². The lowest BCUT2D eigenvalue weighted by molar-refractivity contribution is 0.316. The molecule has 1 rings (SSSR count). The maximum absolute atomic E-state index is 4.57. The van der Waals surface area contributed by atoms with Gasteiger partial charge in [-0.3, -0.25) is 0 Å². The summed E-state index contributed by atoms with van der Waals surface area (Å²) in [7, 11) is 1.90. The van der Waals surface area contributed by atoms with Crippen LogP contribution in [0.4, 0.5) is 11.6 Å². The van der Waals surface area contributed by atoms with E-state index < -0.39 is 0 Å². The van der Waals surface area contributed by atoms with Crippen molar-refractivity contribution in [1.82, 2.24) is 14.9 Å². The summed E-state index contributed by atoms with van der Waals surface area (Å²) in [5.41, 5.74) is 1.08. The molecule has 0 aliphatic carbocycles. The molecule has 0 radical (unpaired) electrons. The van der Waals surface area contributed by atoms with Crippen LogP contribution in [0.15, 0.2) is 0 Å². The van der Waals surface area contributed by atoms with Gasteiger partial charge >= 0.3 is 0 Å².